The molecular weight excluding hydrogens is 437 g/mol. The second kappa shape index (κ2) is 6.76. The van der Waals surface area contributed by atoms with E-state index >= 15 is 0 Å². The van der Waals surface area contributed by atoms with Crippen LogP contribution < -0.4 is 9.08 Å². The number of nitrogens with zero attached hydrogens (tertiary/aromatic N) is 1. The Hall–Kier alpha value is -3.02. The van der Waals surface area contributed by atoms with Gasteiger partial charge >= 0.3 is 22.2 Å². The number of carbonyl (C=O) groups excluding carboxylic acids is 2. The van der Waals surface area contributed by atoms with Gasteiger partial charge in [0, 0.05) is 5.56 Å². The molecule has 2 aromatic carbocycles. The molecule has 0 saturated heterocycles. The van der Waals surface area contributed by atoms with Crippen molar-refractivity contribution in [2.24, 2.45) is 0 Å². The molecule has 0 bridgehead atoms. The van der Waals surface area contributed by atoms with Crippen LogP contribution in [0.3, 0.4) is 0 Å². The van der Waals surface area contributed by atoms with Gasteiger partial charge in [-0.1, -0.05) is 12.1 Å². The normalized spacial score (nSPS) is 14.8. The molecule has 1 aliphatic rings. The van der Waals surface area contributed by atoms with Gasteiger partial charge in [0.1, 0.15) is 0 Å². The van der Waals surface area contributed by atoms with Crippen molar-refractivity contribution in [3.8, 4) is 5.75 Å². The lowest BCUT2D eigenvalue weighted by molar-refractivity contribution is -0.289. The summed E-state index contributed by atoms with van der Waals surface area (Å²) in [6.07, 6.45) is -5.09. The molecule has 0 saturated carbocycles. The van der Waals surface area contributed by atoms with E-state index in [-0.39, 0.29) is 22.4 Å². The summed E-state index contributed by atoms with van der Waals surface area (Å²) in [6, 6.07) is 5.44. The summed E-state index contributed by atoms with van der Waals surface area (Å²) in [6.45, 7) is 1.16. The average Bonchev–Trinajstić information content (AvgIpc) is 2.84. The van der Waals surface area contributed by atoms with Crippen LogP contribution in [0.15, 0.2) is 36.4 Å². The lowest BCUT2D eigenvalue weighted by Crippen LogP contribution is -2.34. The van der Waals surface area contributed by atoms with Crippen LogP contribution in [0.1, 0.15) is 31.8 Å². The molecular formula is C18H12F5NO5S. The van der Waals surface area contributed by atoms with Crippen molar-refractivity contribution >= 4 is 27.6 Å². The highest BCUT2D eigenvalue weighted by Crippen LogP contribution is 2.45. The van der Waals surface area contributed by atoms with E-state index in [9.17, 15) is 40.0 Å². The monoisotopic (exact) mass is 449 g/mol. The smallest absolute Gasteiger partial charge is 0.382 e. The number of anilines is 1. The predicted molar refractivity (Wildman–Crippen MR) is 94.2 cm³/mol. The summed E-state index contributed by atoms with van der Waals surface area (Å²) < 4.78 is 92.5. The van der Waals surface area contributed by atoms with Gasteiger partial charge in [-0.2, -0.15) is 30.4 Å². The molecule has 1 heterocycles. The summed E-state index contributed by atoms with van der Waals surface area (Å²) in [5.41, 5.74) is -2.35. The lowest BCUT2D eigenvalue weighted by atomic mass is 10.0. The predicted octanol–water partition coefficient (Wildman–Crippen LogP) is 3.79. The van der Waals surface area contributed by atoms with Crippen molar-refractivity contribution in [1.82, 2.24) is 0 Å². The first-order chi connectivity index (χ1) is 13.6. The Morgan fingerprint density at radius 3 is 2.13 bits per heavy atom. The molecule has 12 heteroatoms. The lowest BCUT2D eigenvalue weighted by Gasteiger charge is -2.22. The van der Waals surface area contributed by atoms with Crippen LogP contribution in [0.25, 0.3) is 0 Å². The minimum Gasteiger partial charge on any atom is -0.382 e. The quantitative estimate of drug-likeness (QED) is 0.403. The first kappa shape index (κ1) is 21.7. The first-order valence-electron chi connectivity index (χ1n) is 8.12. The van der Waals surface area contributed by atoms with Crippen molar-refractivity contribution in [2.45, 2.75) is 19.0 Å². The van der Waals surface area contributed by atoms with Gasteiger partial charge in [0.15, 0.2) is 5.75 Å². The molecule has 0 N–H and O–H groups in total. The molecule has 0 radical (unpaired) electrons. The van der Waals surface area contributed by atoms with Gasteiger partial charge < -0.3 is 4.18 Å². The Morgan fingerprint density at radius 1 is 0.967 bits per heavy atom. The van der Waals surface area contributed by atoms with Crippen molar-refractivity contribution < 1.29 is 44.1 Å². The number of amides is 2. The van der Waals surface area contributed by atoms with Gasteiger partial charge in [0.05, 0.1) is 23.1 Å². The molecule has 0 fully saturated rings. The minimum atomic E-state index is -5.83. The summed E-state index contributed by atoms with van der Waals surface area (Å²) >= 11 is 0. The molecule has 2 amide bonds. The molecule has 3 rings (SSSR count). The van der Waals surface area contributed by atoms with Crippen LogP contribution in [-0.2, 0) is 16.0 Å². The minimum absolute atomic E-state index is 0.198. The Kier molecular flexibility index (Phi) is 4.88. The van der Waals surface area contributed by atoms with E-state index < -0.39 is 45.3 Å². The van der Waals surface area contributed by atoms with E-state index in [1.54, 1.807) is 0 Å². The number of hydrogen-bond acceptors (Lipinski definition) is 5. The molecule has 0 unspecified atom stereocenters. The van der Waals surface area contributed by atoms with Gasteiger partial charge in [0.2, 0.25) is 0 Å². The summed E-state index contributed by atoms with van der Waals surface area (Å²) in [7, 11) is -4.04. The molecule has 30 heavy (non-hydrogen) atoms. The SMILES string of the molecule is Cc1cc(C(F)(F)C(F)(F)F)ccc1N1C(=O)c2cccc(OS(C)(=O)=O)c2C1=O. The first-order valence-corrected chi connectivity index (χ1v) is 9.93. The number of fused-ring (bicyclic) bond motifs is 1. The third-order valence-electron chi connectivity index (χ3n) is 4.27. The van der Waals surface area contributed by atoms with Crippen molar-refractivity contribution in [3.63, 3.8) is 0 Å². The summed E-state index contributed by atoms with van der Waals surface area (Å²) in [4.78, 5) is 26.1. The molecule has 0 atom stereocenters. The summed E-state index contributed by atoms with van der Waals surface area (Å²) in [5, 5.41) is 0. The van der Waals surface area contributed by atoms with Gasteiger partial charge in [-0.15, -0.1) is 0 Å². The third kappa shape index (κ3) is 3.51. The van der Waals surface area contributed by atoms with Gasteiger partial charge in [-0.05, 0) is 36.8 Å². The van der Waals surface area contributed by atoms with Crippen molar-refractivity contribution in [1.29, 1.82) is 0 Å². The maximum absolute atomic E-state index is 13.6. The number of imide groups is 1. The highest BCUT2D eigenvalue weighted by atomic mass is 32.2. The number of rotatable bonds is 4. The number of alkyl halides is 5. The topological polar surface area (TPSA) is 80.8 Å². The molecule has 6 nitrogen and oxygen atoms in total. The Morgan fingerprint density at radius 2 is 1.60 bits per heavy atom. The van der Waals surface area contributed by atoms with Crippen LogP contribution in [0.5, 0.6) is 5.75 Å². The van der Waals surface area contributed by atoms with Gasteiger partial charge in [-0.3, -0.25) is 9.59 Å². The number of benzene rings is 2. The fourth-order valence-corrected chi connectivity index (χ4v) is 3.44. The maximum atomic E-state index is 13.6. The van der Waals surface area contributed by atoms with E-state index in [1.165, 1.54) is 12.1 Å². The van der Waals surface area contributed by atoms with E-state index in [0.717, 1.165) is 25.3 Å². The van der Waals surface area contributed by atoms with Crippen molar-refractivity contribution in [3.05, 3.63) is 58.7 Å². The largest absolute Gasteiger partial charge is 0.458 e. The highest BCUT2D eigenvalue weighted by Gasteiger charge is 2.58. The van der Waals surface area contributed by atoms with E-state index in [4.69, 9.17) is 4.18 Å². The average molecular weight is 449 g/mol. The molecule has 160 valence electrons. The van der Waals surface area contributed by atoms with E-state index in [2.05, 4.69) is 0 Å². The second-order valence-corrected chi connectivity index (χ2v) is 8.06. The van der Waals surface area contributed by atoms with Crippen LogP contribution >= 0.6 is 0 Å². The fraction of sp³-hybridized carbons (Fsp3) is 0.222. The highest BCUT2D eigenvalue weighted by molar-refractivity contribution is 7.86. The van der Waals surface area contributed by atoms with Crippen molar-refractivity contribution in [2.75, 3.05) is 11.2 Å². The molecule has 0 spiro atoms. The van der Waals surface area contributed by atoms with Gasteiger partial charge in [-0.25, -0.2) is 4.90 Å². The third-order valence-corrected chi connectivity index (χ3v) is 4.76. The summed E-state index contributed by atoms with van der Waals surface area (Å²) in [5.74, 6) is -7.46. The molecule has 1 aliphatic heterocycles. The number of halogens is 5. The number of hydrogen-bond donors (Lipinski definition) is 0. The van der Waals surface area contributed by atoms with E-state index in [0.29, 0.717) is 17.0 Å². The van der Waals surface area contributed by atoms with Crippen LogP contribution in [0.4, 0.5) is 27.6 Å². The number of carbonyl (C=O) groups is 2. The second-order valence-electron chi connectivity index (χ2n) is 6.49. The van der Waals surface area contributed by atoms with Crippen LogP contribution in [-0.4, -0.2) is 32.7 Å². The van der Waals surface area contributed by atoms with Crippen LogP contribution in [0.2, 0.25) is 0 Å². The molecule has 0 aliphatic carbocycles. The zero-order valence-corrected chi connectivity index (χ0v) is 16.1. The Labute approximate surface area is 167 Å². The maximum Gasteiger partial charge on any atom is 0.458 e. The van der Waals surface area contributed by atoms with E-state index in [1.807, 2.05) is 0 Å². The zero-order chi connectivity index (χ0) is 22.6. The fourth-order valence-electron chi connectivity index (χ4n) is 2.97. The molecule has 2 aromatic rings. The zero-order valence-electron chi connectivity index (χ0n) is 15.3. The van der Waals surface area contributed by atoms with Gasteiger partial charge in [0.25, 0.3) is 11.8 Å². The van der Waals surface area contributed by atoms with Crippen LogP contribution in [0, 0.1) is 6.92 Å². The standard InChI is InChI=1S/C18H12F5NO5S/c1-9-8-10(17(19,20)18(21,22)23)6-7-12(9)24-15(25)11-4-3-5-13(14(11)16(24)26)29-30(2,27)28/h3-8H,1-2H3. The molecule has 0 aromatic heterocycles. The Bertz CT molecular complexity index is 1170. The number of aryl methyl sites for hydroxylation is 1. The Balaban J connectivity index is 2.07.